The molecule has 0 radical (unpaired) electrons. The van der Waals surface area contributed by atoms with Crippen LogP contribution in [-0.4, -0.2) is 16.5 Å². The van der Waals surface area contributed by atoms with E-state index < -0.39 is 0 Å². The Labute approximate surface area is 164 Å². The minimum absolute atomic E-state index is 0.0664. The Morgan fingerprint density at radius 1 is 0.821 bits per heavy atom. The fourth-order valence-corrected chi connectivity index (χ4v) is 3.50. The van der Waals surface area contributed by atoms with Crippen LogP contribution in [0.2, 0.25) is 0 Å². The number of benzene rings is 3. The van der Waals surface area contributed by atoms with Crippen LogP contribution in [0.4, 0.5) is 0 Å². The highest BCUT2D eigenvalue weighted by atomic mass is 16.1. The lowest BCUT2D eigenvalue weighted by Crippen LogP contribution is -3.09. The zero-order valence-electron chi connectivity index (χ0n) is 16.0. The van der Waals surface area contributed by atoms with Crippen molar-refractivity contribution in [2.75, 3.05) is 6.54 Å². The van der Waals surface area contributed by atoms with Gasteiger partial charge in [-0.05, 0) is 30.2 Å². The molecule has 1 unspecified atom stereocenters. The third kappa shape index (κ3) is 4.02. The van der Waals surface area contributed by atoms with Gasteiger partial charge >= 0.3 is 0 Å². The first-order chi connectivity index (χ1) is 13.7. The number of rotatable bonds is 6. The van der Waals surface area contributed by atoms with Gasteiger partial charge in [-0.25, -0.2) is 4.98 Å². The van der Waals surface area contributed by atoms with E-state index in [0.29, 0.717) is 11.9 Å². The quantitative estimate of drug-likeness (QED) is 0.548. The minimum atomic E-state index is -0.0664. The molecule has 0 saturated heterocycles. The summed E-state index contributed by atoms with van der Waals surface area (Å²) in [7, 11) is 0. The van der Waals surface area contributed by atoms with Crippen LogP contribution in [0.25, 0.3) is 22.0 Å². The van der Waals surface area contributed by atoms with E-state index in [2.05, 4.69) is 65.4 Å². The van der Waals surface area contributed by atoms with Crippen LogP contribution >= 0.6 is 0 Å². The Hall–Kier alpha value is -3.24. The normalized spacial score (nSPS) is 12.2. The van der Waals surface area contributed by atoms with Crippen molar-refractivity contribution in [2.45, 2.75) is 20.0 Å². The largest absolute Gasteiger partial charge is 0.325 e. The lowest BCUT2D eigenvalue weighted by atomic mass is 10.0. The number of para-hydroxylation sites is 1. The maximum Gasteiger partial charge on any atom is 0.258 e. The highest BCUT2D eigenvalue weighted by Crippen LogP contribution is 2.18. The first-order valence-corrected chi connectivity index (χ1v) is 9.69. The molecule has 0 amide bonds. The maximum absolute atomic E-state index is 12.3. The standard InChI is InChI=1S/C24H23N3O/c1-2-27(17-23-25-22-11-7-6-10-21(22)24(28)26-23)16-18-12-14-20(15-13-18)19-8-4-3-5-9-19/h3-15H,2,16-17H2,1H3,(H,25,26,28)/p+1. The molecule has 0 aliphatic carbocycles. The fraction of sp³-hybridized carbons (Fsp3) is 0.167. The van der Waals surface area contributed by atoms with Crippen molar-refractivity contribution in [3.63, 3.8) is 0 Å². The molecule has 0 spiro atoms. The smallest absolute Gasteiger partial charge is 0.258 e. The molecule has 2 N–H and O–H groups in total. The van der Waals surface area contributed by atoms with E-state index in [1.54, 1.807) is 0 Å². The zero-order valence-corrected chi connectivity index (χ0v) is 16.0. The van der Waals surface area contributed by atoms with Crippen molar-refractivity contribution in [2.24, 2.45) is 0 Å². The van der Waals surface area contributed by atoms with E-state index in [9.17, 15) is 4.79 Å². The number of aromatic amines is 1. The minimum Gasteiger partial charge on any atom is -0.325 e. The van der Waals surface area contributed by atoms with Gasteiger partial charge in [-0.1, -0.05) is 66.7 Å². The van der Waals surface area contributed by atoms with E-state index in [1.807, 2.05) is 30.3 Å². The number of hydrogen-bond donors (Lipinski definition) is 2. The molecule has 0 aliphatic rings. The Kier molecular flexibility index (Phi) is 5.31. The van der Waals surface area contributed by atoms with Gasteiger partial charge < -0.3 is 9.88 Å². The highest BCUT2D eigenvalue weighted by molar-refractivity contribution is 5.77. The van der Waals surface area contributed by atoms with Crippen molar-refractivity contribution in [1.29, 1.82) is 0 Å². The molecule has 1 heterocycles. The van der Waals surface area contributed by atoms with Gasteiger partial charge in [0, 0.05) is 5.56 Å². The van der Waals surface area contributed by atoms with Crippen molar-refractivity contribution in [3.8, 4) is 11.1 Å². The third-order valence-electron chi connectivity index (χ3n) is 5.09. The van der Waals surface area contributed by atoms with Gasteiger partial charge in [0.25, 0.3) is 5.56 Å². The van der Waals surface area contributed by atoms with Gasteiger partial charge in [-0.3, -0.25) is 4.79 Å². The van der Waals surface area contributed by atoms with Crippen LogP contribution in [0, 0.1) is 0 Å². The molecule has 0 fully saturated rings. The number of hydrogen-bond acceptors (Lipinski definition) is 2. The third-order valence-corrected chi connectivity index (χ3v) is 5.09. The predicted molar refractivity (Wildman–Crippen MR) is 113 cm³/mol. The number of nitrogens with zero attached hydrogens (tertiary/aromatic N) is 1. The number of quaternary nitrogens is 1. The van der Waals surface area contributed by atoms with Crippen molar-refractivity contribution >= 4 is 10.9 Å². The molecular formula is C24H24N3O+. The summed E-state index contributed by atoms with van der Waals surface area (Å²) in [4.78, 5) is 21.2. The summed E-state index contributed by atoms with van der Waals surface area (Å²) in [5.74, 6) is 0.737. The van der Waals surface area contributed by atoms with E-state index in [0.717, 1.165) is 24.4 Å². The molecule has 4 aromatic rings. The Balaban J connectivity index is 1.50. The molecule has 0 aliphatic heterocycles. The first kappa shape index (κ1) is 18.1. The van der Waals surface area contributed by atoms with Crippen molar-refractivity contribution in [1.82, 2.24) is 9.97 Å². The Morgan fingerprint density at radius 3 is 2.25 bits per heavy atom. The van der Waals surface area contributed by atoms with Crippen molar-refractivity contribution in [3.05, 3.63) is 101 Å². The average molecular weight is 370 g/mol. The molecule has 4 heteroatoms. The summed E-state index contributed by atoms with van der Waals surface area (Å²) in [5, 5.41) is 0.640. The van der Waals surface area contributed by atoms with Gasteiger partial charge in [0.1, 0.15) is 13.1 Å². The van der Waals surface area contributed by atoms with Crippen LogP contribution in [0.1, 0.15) is 18.3 Å². The van der Waals surface area contributed by atoms with Gasteiger partial charge in [-0.15, -0.1) is 0 Å². The van der Waals surface area contributed by atoms with Gasteiger partial charge in [0.15, 0.2) is 5.82 Å². The molecule has 140 valence electrons. The maximum atomic E-state index is 12.3. The Morgan fingerprint density at radius 2 is 1.50 bits per heavy atom. The highest BCUT2D eigenvalue weighted by Gasteiger charge is 2.12. The van der Waals surface area contributed by atoms with E-state index in [-0.39, 0.29) is 5.56 Å². The topological polar surface area (TPSA) is 50.2 Å². The summed E-state index contributed by atoms with van der Waals surface area (Å²) < 4.78 is 0. The second-order valence-corrected chi connectivity index (χ2v) is 7.05. The van der Waals surface area contributed by atoms with Gasteiger partial charge in [-0.2, -0.15) is 0 Å². The molecule has 4 nitrogen and oxygen atoms in total. The molecule has 0 saturated carbocycles. The monoisotopic (exact) mass is 370 g/mol. The summed E-state index contributed by atoms with van der Waals surface area (Å²) >= 11 is 0. The van der Waals surface area contributed by atoms with E-state index in [4.69, 9.17) is 0 Å². The lowest BCUT2D eigenvalue weighted by Gasteiger charge is -2.17. The first-order valence-electron chi connectivity index (χ1n) is 9.69. The molecule has 1 atom stereocenters. The molecule has 3 aromatic carbocycles. The molecule has 4 rings (SSSR count). The molecule has 28 heavy (non-hydrogen) atoms. The van der Waals surface area contributed by atoms with Crippen LogP contribution in [-0.2, 0) is 13.1 Å². The average Bonchev–Trinajstić information content (AvgIpc) is 2.74. The molecule has 1 aromatic heterocycles. The van der Waals surface area contributed by atoms with Crippen LogP contribution in [0.5, 0.6) is 0 Å². The van der Waals surface area contributed by atoms with E-state index >= 15 is 0 Å². The lowest BCUT2D eigenvalue weighted by molar-refractivity contribution is -0.926. The van der Waals surface area contributed by atoms with Crippen LogP contribution in [0.15, 0.2) is 83.7 Å². The van der Waals surface area contributed by atoms with Crippen molar-refractivity contribution < 1.29 is 4.90 Å². The zero-order chi connectivity index (χ0) is 19.3. The molecule has 0 bridgehead atoms. The molecular weight excluding hydrogens is 346 g/mol. The number of nitrogens with one attached hydrogen (secondary N) is 2. The fourth-order valence-electron chi connectivity index (χ4n) is 3.50. The summed E-state index contributed by atoms with van der Waals surface area (Å²) in [6, 6.07) is 26.6. The second kappa shape index (κ2) is 8.19. The Bertz CT molecular complexity index is 1120. The van der Waals surface area contributed by atoms with Gasteiger partial charge in [0.05, 0.1) is 17.4 Å². The summed E-state index contributed by atoms with van der Waals surface area (Å²) in [6.45, 7) is 4.70. The predicted octanol–water partition coefficient (Wildman–Crippen LogP) is 3.20. The number of H-pyrrole nitrogens is 1. The summed E-state index contributed by atoms with van der Waals surface area (Å²) in [6.07, 6.45) is 0. The SMILES string of the molecule is CC[NH+](Cc1ccc(-c2ccccc2)cc1)Cc1nc2ccccc2c(=O)[nH]1. The van der Waals surface area contributed by atoms with Gasteiger partial charge in [0.2, 0.25) is 0 Å². The number of aromatic nitrogens is 2. The number of fused-ring (bicyclic) bond motifs is 1. The second-order valence-electron chi connectivity index (χ2n) is 7.05. The van der Waals surface area contributed by atoms with E-state index in [1.165, 1.54) is 21.6 Å². The van der Waals surface area contributed by atoms with Crippen LogP contribution < -0.4 is 10.5 Å². The summed E-state index contributed by atoms with van der Waals surface area (Å²) in [5.41, 5.74) is 4.42. The van der Waals surface area contributed by atoms with Crippen LogP contribution in [0.3, 0.4) is 0 Å².